The van der Waals surface area contributed by atoms with E-state index in [1.54, 1.807) is 6.08 Å². The van der Waals surface area contributed by atoms with Crippen LogP contribution >= 0.6 is 0 Å². The Balaban J connectivity index is 2.03. The number of aryl methyl sites for hydroxylation is 1. The predicted molar refractivity (Wildman–Crippen MR) is 93.3 cm³/mol. The smallest absolute Gasteiger partial charge is 0.330 e. The number of rotatable bonds is 4. The van der Waals surface area contributed by atoms with Crippen molar-refractivity contribution in [2.45, 2.75) is 13.5 Å². The SMILES string of the molecule is COC(=O)/C=C/c1cccc2c1cc(C)n2Cc1ccccc1. The van der Waals surface area contributed by atoms with Crippen molar-refractivity contribution in [2.75, 3.05) is 7.11 Å². The van der Waals surface area contributed by atoms with E-state index in [-0.39, 0.29) is 5.97 Å². The van der Waals surface area contributed by atoms with Gasteiger partial charge in [0.05, 0.1) is 7.11 Å². The van der Waals surface area contributed by atoms with Gasteiger partial charge in [-0.1, -0.05) is 42.5 Å². The summed E-state index contributed by atoms with van der Waals surface area (Å²) in [6.07, 6.45) is 3.26. The average Bonchev–Trinajstić information content (AvgIpc) is 2.90. The van der Waals surface area contributed by atoms with E-state index in [0.29, 0.717) is 0 Å². The summed E-state index contributed by atoms with van der Waals surface area (Å²) in [5.74, 6) is -0.345. The second kappa shape index (κ2) is 6.53. The van der Waals surface area contributed by atoms with Crippen LogP contribution in [0.15, 0.2) is 60.7 Å². The van der Waals surface area contributed by atoms with Gasteiger partial charge in [-0.3, -0.25) is 0 Å². The van der Waals surface area contributed by atoms with Gasteiger partial charge < -0.3 is 9.30 Å². The average molecular weight is 305 g/mol. The van der Waals surface area contributed by atoms with Crippen LogP contribution in [0.2, 0.25) is 0 Å². The number of nitrogens with zero attached hydrogens (tertiary/aromatic N) is 1. The van der Waals surface area contributed by atoms with Gasteiger partial charge in [-0.25, -0.2) is 4.79 Å². The first-order valence-corrected chi connectivity index (χ1v) is 7.58. The van der Waals surface area contributed by atoms with Gasteiger partial charge >= 0.3 is 5.97 Å². The van der Waals surface area contributed by atoms with E-state index >= 15 is 0 Å². The van der Waals surface area contributed by atoms with Gasteiger partial charge in [0.1, 0.15) is 0 Å². The fraction of sp³-hybridized carbons (Fsp3) is 0.150. The van der Waals surface area contributed by atoms with Crippen LogP contribution in [0.3, 0.4) is 0 Å². The molecular weight excluding hydrogens is 286 g/mol. The van der Waals surface area contributed by atoms with Crippen LogP contribution in [0.4, 0.5) is 0 Å². The van der Waals surface area contributed by atoms with Crippen molar-refractivity contribution in [1.82, 2.24) is 4.57 Å². The summed E-state index contributed by atoms with van der Waals surface area (Å²) < 4.78 is 6.95. The van der Waals surface area contributed by atoms with Crippen LogP contribution in [-0.2, 0) is 16.1 Å². The molecule has 0 aliphatic rings. The molecule has 1 aromatic heterocycles. The van der Waals surface area contributed by atoms with Gasteiger partial charge in [-0.2, -0.15) is 0 Å². The maximum atomic E-state index is 11.3. The minimum atomic E-state index is -0.345. The van der Waals surface area contributed by atoms with Crippen molar-refractivity contribution < 1.29 is 9.53 Å². The first-order valence-electron chi connectivity index (χ1n) is 7.58. The number of hydrogen-bond donors (Lipinski definition) is 0. The number of carbonyl (C=O) groups excluding carboxylic acids is 1. The van der Waals surface area contributed by atoms with Crippen molar-refractivity contribution in [2.24, 2.45) is 0 Å². The van der Waals surface area contributed by atoms with Crippen LogP contribution in [-0.4, -0.2) is 17.6 Å². The van der Waals surface area contributed by atoms with Gasteiger partial charge in [0.25, 0.3) is 0 Å². The van der Waals surface area contributed by atoms with Gasteiger partial charge in [-0.15, -0.1) is 0 Å². The third-order valence-electron chi connectivity index (χ3n) is 3.97. The monoisotopic (exact) mass is 305 g/mol. The summed E-state index contributed by atoms with van der Waals surface area (Å²) in [6, 6.07) is 18.7. The van der Waals surface area contributed by atoms with Crippen molar-refractivity contribution >= 4 is 22.9 Å². The fourth-order valence-corrected chi connectivity index (χ4v) is 2.79. The molecule has 0 saturated carbocycles. The number of esters is 1. The number of fused-ring (bicyclic) bond motifs is 1. The van der Waals surface area contributed by atoms with Crippen LogP contribution < -0.4 is 0 Å². The third-order valence-corrected chi connectivity index (χ3v) is 3.97. The highest BCUT2D eigenvalue weighted by atomic mass is 16.5. The molecule has 0 atom stereocenters. The molecule has 2 aromatic carbocycles. The van der Waals surface area contributed by atoms with E-state index in [1.807, 2.05) is 18.2 Å². The summed E-state index contributed by atoms with van der Waals surface area (Å²) in [5, 5.41) is 1.14. The molecule has 0 aliphatic heterocycles. The summed E-state index contributed by atoms with van der Waals surface area (Å²) >= 11 is 0. The molecule has 23 heavy (non-hydrogen) atoms. The van der Waals surface area contributed by atoms with Gasteiger partial charge in [-0.05, 0) is 36.3 Å². The Morgan fingerprint density at radius 1 is 1.13 bits per heavy atom. The quantitative estimate of drug-likeness (QED) is 0.535. The number of aromatic nitrogens is 1. The predicted octanol–water partition coefficient (Wildman–Crippen LogP) is 4.18. The van der Waals surface area contributed by atoms with Crippen molar-refractivity contribution in [3.05, 3.63) is 77.5 Å². The summed E-state index contributed by atoms with van der Waals surface area (Å²) in [6.45, 7) is 2.94. The second-order valence-corrected chi connectivity index (χ2v) is 5.49. The molecule has 0 amide bonds. The molecular formula is C20H19NO2. The Morgan fingerprint density at radius 3 is 2.65 bits per heavy atom. The summed E-state index contributed by atoms with van der Waals surface area (Å²) in [4.78, 5) is 11.3. The molecule has 3 heteroatoms. The van der Waals surface area contributed by atoms with Crippen molar-refractivity contribution in [1.29, 1.82) is 0 Å². The molecule has 3 aromatic rings. The van der Waals surface area contributed by atoms with Crippen LogP contribution in [0, 0.1) is 6.92 Å². The first kappa shape index (κ1) is 15.1. The van der Waals surface area contributed by atoms with E-state index in [1.165, 1.54) is 30.0 Å². The molecule has 1 heterocycles. The Morgan fingerprint density at radius 2 is 1.91 bits per heavy atom. The van der Waals surface area contributed by atoms with Crippen molar-refractivity contribution in [3.8, 4) is 0 Å². The molecule has 0 unspecified atom stereocenters. The molecule has 0 spiro atoms. The zero-order chi connectivity index (χ0) is 16.2. The lowest BCUT2D eigenvalue weighted by Crippen LogP contribution is -2.01. The van der Waals surface area contributed by atoms with Crippen LogP contribution in [0.1, 0.15) is 16.8 Å². The molecule has 0 radical (unpaired) electrons. The highest BCUT2D eigenvalue weighted by Gasteiger charge is 2.08. The maximum Gasteiger partial charge on any atom is 0.330 e. The fourth-order valence-electron chi connectivity index (χ4n) is 2.79. The van der Waals surface area contributed by atoms with E-state index in [0.717, 1.165) is 17.5 Å². The molecule has 3 nitrogen and oxygen atoms in total. The molecule has 0 aliphatic carbocycles. The van der Waals surface area contributed by atoms with E-state index in [2.05, 4.69) is 52.6 Å². The van der Waals surface area contributed by atoms with Crippen LogP contribution in [0.5, 0.6) is 0 Å². The molecule has 0 fully saturated rings. The van der Waals surface area contributed by atoms with Gasteiger partial charge in [0.15, 0.2) is 0 Å². The minimum Gasteiger partial charge on any atom is -0.466 e. The zero-order valence-corrected chi connectivity index (χ0v) is 13.3. The second-order valence-electron chi connectivity index (χ2n) is 5.49. The normalized spacial score (nSPS) is 11.2. The Hall–Kier alpha value is -2.81. The van der Waals surface area contributed by atoms with Crippen LogP contribution in [0.25, 0.3) is 17.0 Å². The third kappa shape index (κ3) is 3.19. The minimum absolute atomic E-state index is 0.345. The number of methoxy groups -OCH3 is 1. The largest absolute Gasteiger partial charge is 0.466 e. The Bertz CT molecular complexity index is 860. The number of benzene rings is 2. The molecule has 116 valence electrons. The van der Waals surface area contributed by atoms with Gasteiger partial charge in [0.2, 0.25) is 0 Å². The van der Waals surface area contributed by atoms with E-state index in [4.69, 9.17) is 0 Å². The first-order chi connectivity index (χ1) is 11.2. The highest BCUT2D eigenvalue weighted by Crippen LogP contribution is 2.25. The maximum absolute atomic E-state index is 11.3. The number of carbonyl (C=O) groups is 1. The zero-order valence-electron chi connectivity index (χ0n) is 13.3. The lowest BCUT2D eigenvalue weighted by molar-refractivity contribution is -0.134. The highest BCUT2D eigenvalue weighted by molar-refractivity contribution is 5.94. The topological polar surface area (TPSA) is 31.2 Å². The molecule has 0 saturated heterocycles. The lowest BCUT2D eigenvalue weighted by Gasteiger charge is -2.08. The molecule has 0 N–H and O–H groups in total. The lowest BCUT2D eigenvalue weighted by atomic mass is 10.1. The summed E-state index contributed by atoms with van der Waals surface area (Å²) in [7, 11) is 1.38. The Kier molecular flexibility index (Phi) is 4.29. The number of hydrogen-bond acceptors (Lipinski definition) is 2. The molecule has 0 bridgehead atoms. The Labute approximate surface area is 135 Å². The van der Waals surface area contributed by atoms with E-state index in [9.17, 15) is 4.79 Å². The standard InChI is InChI=1S/C20H19NO2/c1-15-13-18-17(11-12-20(22)23-2)9-6-10-19(18)21(15)14-16-7-4-3-5-8-16/h3-13H,14H2,1-2H3/b12-11+. The van der Waals surface area contributed by atoms with E-state index < -0.39 is 0 Å². The molecule has 3 rings (SSSR count). The van der Waals surface area contributed by atoms with Crippen molar-refractivity contribution in [3.63, 3.8) is 0 Å². The number of ether oxygens (including phenoxy) is 1. The summed E-state index contributed by atoms with van der Waals surface area (Å²) in [5.41, 5.74) is 4.65. The van der Waals surface area contributed by atoms with Gasteiger partial charge in [0, 0.05) is 29.2 Å².